The van der Waals surface area contributed by atoms with E-state index in [2.05, 4.69) is 25.7 Å². The molecule has 2 N–H and O–H groups in total. The maximum Gasteiger partial charge on any atom is 0.00385 e. The Balaban J connectivity index is 2.30. The summed E-state index contributed by atoms with van der Waals surface area (Å²) in [7, 11) is 0. The van der Waals surface area contributed by atoms with Crippen molar-refractivity contribution in [1.29, 1.82) is 0 Å². The highest BCUT2D eigenvalue weighted by molar-refractivity contribution is 4.77. The molecule has 78 valence electrons. The van der Waals surface area contributed by atoms with E-state index in [0.717, 1.165) is 12.5 Å². The van der Waals surface area contributed by atoms with E-state index in [1.54, 1.807) is 0 Å². The molecule has 0 bridgehead atoms. The monoisotopic (exact) mass is 184 g/mol. The van der Waals surface area contributed by atoms with Gasteiger partial charge >= 0.3 is 0 Å². The molecular weight excluding hydrogens is 160 g/mol. The second kappa shape index (κ2) is 4.97. The second-order valence-corrected chi connectivity index (χ2v) is 4.68. The number of rotatable bonds is 3. The van der Waals surface area contributed by atoms with Crippen molar-refractivity contribution in [2.24, 2.45) is 17.6 Å². The topological polar surface area (TPSA) is 29.3 Å². The van der Waals surface area contributed by atoms with E-state index >= 15 is 0 Å². The van der Waals surface area contributed by atoms with Crippen LogP contribution >= 0.6 is 0 Å². The van der Waals surface area contributed by atoms with Crippen LogP contribution in [0.3, 0.4) is 0 Å². The summed E-state index contributed by atoms with van der Waals surface area (Å²) in [5.41, 5.74) is 5.68. The number of hydrogen-bond donors (Lipinski definition) is 1. The zero-order valence-corrected chi connectivity index (χ0v) is 9.29. The predicted octanol–water partition coefficient (Wildman–Crippen LogP) is 1.70. The number of hydrogen-bond acceptors (Lipinski definition) is 2. The van der Waals surface area contributed by atoms with E-state index in [9.17, 15) is 0 Å². The molecule has 1 atom stereocenters. The molecule has 0 saturated carbocycles. The van der Waals surface area contributed by atoms with Gasteiger partial charge in [0.05, 0.1) is 0 Å². The number of piperidine rings is 1. The van der Waals surface area contributed by atoms with Crippen molar-refractivity contribution in [2.45, 2.75) is 39.7 Å². The molecule has 1 aliphatic heterocycles. The fraction of sp³-hybridized carbons (Fsp3) is 1.00. The molecule has 1 saturated heterocycles. The zero-order valence-electron chi connectivity index (χ0n) is 9.29. The summed E-state index contributed by atoms with van der Waals surface area (Å²) in [4.78, 5) is 2.57. The number of likely N-dealkylation sites (tertiary alicyclic amines) is 1. The van der Waals surface area contributed by atoms with Crippen LogP contribution in [0.1, 0.15) is 33.6 Å². The third-order valence-electron chi connectivity index (χ3n) is 3.48. The largest absolute Gasteiger partial charge is 0.330 e. The van der Waals surface area contributed by atoms with E-state index in [4.69, 9.17) is 5.73 Å². The molecule has 1 aliphatic rings. The van der Waals surface area contributed by atoms with Crippen LogP contribution < -0.4 is 5.73 Å². The van der Waals surface area contributed by atoms with Crippen molar-refractivity contribution in [1.82, 2.24) is 4.90 Å². The fourth-order valence-corrected chi connectivity index (χ4v) is 2.20. The first-order valence-electron chi connectivity index (χ1n) is 5.59. The highest BCUT2D eigenvalue weighted by atomic mass is 15.1. The molecule has 0 aliphatic carbocycles. The molecule has 0 aromatic rings. The Labute approximate surface area is 82.5 Å². The van der Waals surface area contributed by atoms with Gasteiger partial charge in [-0.05, 0) is 58.2 Å². The quantitative estimate of drug-likeness (QED) is 0.723. The second-order valence-electron chi connectivity index (χ2n) is 4.68. The normalized spacial score (nSPS) is 23.8. The van der Waals surface area contributed by atoms with Gasteiger partial charge in [-0.15, -0.1) is 0 Å². The van der Waals surface area contributed by atoms with E-state index in [1.807, 2.05) is 0 Å². The van der Waals surface area contributed by atoms with Crippen molar-refractivity contribution in [3.05, 3.63) is 0 Å². The molecule has 0 amide bonds. The lowest BCUT2D eigenvalue weighted by Crippen LogP contribution is -2.40. The third-order valence-corrected chi connectivity index (χ3v) is 3.48. The molecule has 0 spiro atoms. The Kier molecular flexibility index (Phi) is 4.20. The van der Waals surface area contributed by atoms with Crippen molar-refractivity contribution < 1.29 is 0 Å². The number of nitrogens with two attached hydrogens (primary N) is 1. The van der Waals surface area contributed by atoms with Crippen molar-refractivity contribution >= 4 is 0 Å². The van der Waals surface area contributed by atoms with Gasteiger partial charge in [-0.25, -0.2) is 0 Å². The van der Waals surface area contributed by atoms with Gasteiger partial charge in [0, 0.05) is 6.04 Å². The summed E-state index contributed by atoms with van der Waals surface area (Å²) in [6.07, 6.45) is 2.69. The van der Waals surface area contributed by atoms with Crippen LogP contribution in [0.25, 0.3) is 0 Å². The molecule has 0 aromatic heterocycles. The van der Waals surface area contributed by atoms with Gasteiger partial charge in [0.1, 0.15) is 0 Å². The SMILES string of the molecule is CC(CN)C1CCN(C(C)C)CC1. The Morgan fingerprint density at radius 1 is 1.23 bits per heavy atom. The summed E-state index contributed by atoms with van der Waals surface area (Å²) >= 11 is 0. The maximum atomic E-state index is 5.68. The van der Waals surface area contributed by atoms with Crippen molar-refractivity contribution in [3.8, 4) is 0 Å². The van der Waals surface area contributed by atoms with Crippen LogP contribution in [-0.4, -0.2) is 30.6 Å². The summed E-state index contributed by atoms with van der Waals surface area (Å²) < 4.78 is 0. The van der Waals surface area contributed by atoms with E-state index in [-0.39, 0.29) is 0 Å². The predicted molar refractivity (Wildman–Crippen MR) is 57.7 cm³/mol. The van der Waals surface area contributed by atoms with Gasteiger partial charge in [0.25, 0.3) is 0 Å². The van der Waals surface area contributed by atoms with Gasteiger partial charge < -0.3 is 10.6 Å². The lowest BCUT2D eigenvalue weighted by Gasteiger charge is -2.36. The van der Waals surface area contributed by atoms with Gasteiger partial charge in [-0.3, -0.25) is 0 Å². The van der Waals surface area contributed by atoms with Crippen LogP contribution in [-0.2, 0) is 0 Å². The van der Waals surface area contributed by atoms with E-state index < -0.39 is 0 Å². The third kappa shape index (κ3) is 2.96. The average Bonchev–Trinajstić information content (AvgIpc) is 2.17. The highest BCUT2D eigenvalue weighted by Gasteiger charge is 2.23. The first-order chi connectivity index (χ1) is 6.15. The fourth-order valence-electron chi connectivity index (χ4n) is 2.20. The summed E-state index contributed by atoms with van der Waals surface area (Å²) in [5, 5.41) is 0. The van der Waals surface area contributed by atoms with Crippen molar-refractivity contribution in [2.75, 3.05) is 19.6 Å². The molecule has 1 rings (SSSR count). The van der Waals surface area contributed by atoms with Gasteiger partial charge in [0.15, 0.2) is 0 Å². The van der Waals surface area contributed by atoms with E-state index in [0.29, 0.717) is 12.0 Å². The van der Waals surface area contributed by atoms with Crippen LogP contribution in [0.15, 0.2) is 0 Å². The molecule has 13 heavy (non-hydrogen) atoms. The summed E-state index contributed by atoms with van der Waals surface area (Å²) in [6, 6.07) is 0.717. The maximum absolute atomic E-state index is 5.68. The molecule has 0 radical (unpaired) electrons. The first kappa shape index (κ1) is 11.0. The minimum Gasteiger partial charge on any atom is -0.330 e. The van der Waals surface area contributed by atoms with Gasteiger partial charge in [-0.1, -0.05) is 6.92 Å². The lowest BCUT2D eigenvalue weighted by molar-refractivity contribution is 0.127. The zero-order chi connectivity index (χ0) is 9.84. The Hall–Kier alpha value is -0.0800. The molecule has 1 fully saturated rings. The molecule has 1 unspecified atom stereocenters. The van der Waals surface area contributed by atoms with Crippen molar-refractivity contribution in [3.63, 3.8) is 0 Å². The highest BCUT2D eigenvalue weighted by Crippen LogP contribution is 2.24. The lowest BCUT2D eigenvalue weighted by atomic mass is 9.85. The summed E-state index contributed by atoms with van der Waals surface area (Å²) in [5.74, 6) is 1.59. The van der Waals surface area contributed by atoms with Crippen LogP contribution in [0.5, 0.6) is 0 Å². The van der Waals surface area contributed by atoms with Gasteiger partial charge in [0.2, 0.25) is 0 Å². The molecule has 2 heteroatoms. The molecule has 2 nitrogen and oxygen atoms in total. The minimum atomic E-state index is 0.717. The first-order valence-corrected chi connectivity index (χ1v) is 5.59. The minimum absolute atomic E-state index is 0.717. The Morgan fingerprint density at radius 2 is 1.77 bits per heavy atom. The standard InChI is InChI=1S/C11H24N2/c1-9(2)13-6-4-11(5-7-13)10(3)8-12/h9-11H,4-8,12H2,1-3H3. The Morgan fingerprint density at radius 3 is 2.15 bits per heavy atom. The summed E-state index contributed by atoms with van der Waals surface area (Å²) in [6.45, 7) is 10.3. The molecular formula is C11H24N2. The Bertz CT molecular complexity index is 137. The smallest absolute Gasteiger partial charge is 0.00385 e. The molecule has 0 aromatic carbocycles. The molecule has 1 heterocycles. The van der Waals surface area contributed by atoms with E-state index in [1.165, 1.54) is 25.9 Å². The average molecular weight is 184 g/mol. The van der Waals surface area contributed by atoms with Gasteiger partial charge in [-0.2, -0.15) is 0 Å². The number of nitrogens with zero attached hydrogens (tertiary/aromatic N) is 1. The van der Waals surface area contributed by atoms with Crippen LogP contribution in [0.2, 0.25) is 0 Å². The van der Waals surface area contributed by atoms with Crippen LogP contribution in [0.4, 0.5) is 0 Å². The van der Waals surface area contributed by atoms with Crippen LogP contribution in [0, 0.1) is 11.8 Å².